The Kier molecular flexibility index (Phi) is 10.4. The molecule has 0 aliphatic carbocycles. The van der Waals surface area contributed by atoms with E-state index in [1.54, 1.807) is 18.5 Å². The second kappa shape index (κ2) is 13.7. The standard InChI is InChI=1S/C26H33ClFN9/c1-6-17(2)12-22(19-13-20(16-29-15-19)25-33-35-36-34-25)26(30-10-7-11-37(4)5)32-18(3)31-21-8-9-24(28)23(27)14-21/h8-9,12-17H,6-7,10-11H2,1-5H3,(H,30,31,32)(H,33,34,35,36)/b22-12-. The molecular formula is C26H33ClFN9. The molecule has 0 aliphatic heterocycles. The highest BCUT2D eigenvalue weighted by Crippen LogP contribution is 2.25. The molecule has 3 rings (SSSR count). The van der Waals surface area contributed by atoms with Crippen molar-refractivity contribution in [1.82, 2.24) is 30.5 Å². The Morgan fingerprint density at radius 1 is 1.27 bits per heavy atom. The Labute approximate surface area is 222 Å². The number of hydrogen-bond donors (Lipinski definition) is 2. The van der Waals surface area contributed by atoms with Crippen LogP contribution in [0.1, 0.15) is 39.2 Å². The summed E-state index contributed by atoms with van der Waals surface area (Å²) in [7, 11) is 4.07. The number of anilines is 1. The van der Waals surface area contributed by atoms with E-state index >= 15 is 0 Å². The van der Waals surface area contributed by atoms with E-state index in [-0.39, 0.29) is 10.9 Å². The maximum atomic E-state index is 13.6. The second-order valence-corrected chi connectivity index (χ2v) is 9.38. The van der Waals surface area contributed by atoms with Crippen molar-refractivity contribution in [1.29, 1.82) is 0 Å². The van der Waals surface area contributed by atoms with Crippen LogP contribution in [-0.4, -0.2) is 69.4 Å². The topological polar surface area (TPSA) is 107 Å². The first-order valence-electron chi connectivity index (χ1n) is 12.1. The molecule has 0 spiro atoms. The fourth-order valence-corrected chi connectivity index (χ4v) is 3.60. The number of benzene rings is 1. The van der Waals surface area contributed by atoms with Crippen molar-refractivity contribution < 1.29 is 4.39 Å². The normalized spacial score (nSPS) is 13.8. The van der Waals surface area contributed by atoms with Gasteiger partial charge >= 0.3 is 0 Å². The molecular weight excluding hydrogens is 493 g/mol. The first-order chi connectivity index (χ1) is 17.8. The van der Waals surface area contributed by atoms with Gasteiger partial charge in [0.1, 0.15) is 11.7 Å². The number of tetrazole rings is 1. The average molecular weight is 526 g/mol. The molecule has 2 heterocycles. The van der Waals surface area contributed by atoms with Crippen molar-refractivity contribution in [2.24, 2.45) is 15.9 Å². The number of nitrogens with one attached hydrogen (secondary N) is 2. The molecule has 0 amide bonds. The van der Waals surface area contributed by atoms with Crippen LogP contribution in [0.4, 0.5) is 10.1 Å². The van der Waals surface area contributed by atoms with E-state index in [0.717, 1.165) is 36.1 Å². The van der Waals surface area contributed by atoms with Gasteiger partial charge in [0, 0.05) is 41.3 Å². The number of rotatable bonds is 10. The summed E-state index contributed by atoms with van der Waals surface area (Å²) >= 11 is 5.96. The molecule has 1 atom stereocenters. The molecule has 0 fully saturated rings. The van der Waals surface area contributed by atoms with Crippen molar-refractivity contribution in [3.8, 4) is 11.4 Å². The maximum absolute atomic E-state index is 13.6. The quantitative estimate of drug-likeness (QED) is 0.209. The lowest BCUT2D eigenvalue weighted by atomic mass is 9.98. The van der Waals surface area contributed by atoms with Crippen LogP contribution in [0.5, 0.6) is 0 Å². The summed E-state index contributed by atoms with van der Waals surface area (Å²) in [6, 6.07) is 6.41. The Morgan fingerprint density at radius 2 is 2.08 bits per heavy atom. The molecule has 0 aliphatic rings. The van der Waals surface area contributed by atoms with Crippen LogP contribution < -0.4 is 5.32 Å². The van der Waals surface area contributed by atoms with E-state index in [2.05, 4.69) is 55.7 Å². The third-order valence-corrected chi connectivity index (χ3v) is 5.82. The molecule has 11 heteroatoms. The number of hydrogen-bond acceptors (Lipinski definition) is 6. The van der Waals surface area contributed by atoms with E-state index < -0.39 is 5.82 Å². The largest absolute Gasteiger partial charge is 0.344 e. The van der Waals surface area contributed by atoms with Crippen LogP contribution in [0.15, 0.2) is 52.7 Å². The SMILES string of the molecule is CCC(C)/C=C(\C(N=C(C)Nc1ccc(F)c(Cl)c1)=NCCCN(C)C)c1cncc(-c2nn[nH]n2)c1. The van der Waals surface area contributed by atoms with E-state index in [0.29, 0.717) is 29.7 Å². The summed E-state index contributed by atoms with van der Waals surface area (Å²) in [5, 5.41) is 17.5. The Balaban J connectivity index is 2.03. The minimum Gasteiger partial charge on any atom is -0.344 e. The molecule has 37 heavy (non-hydrogen) atoms. The van der Waals surface area contributed by atoms with Gasteiger partial charge in [-0.05, 0) is 69.4 Å². The van der Waals surface area contributed by atoms with Gasteiger partial charge in [-0.25, -0.2) is 9.38 Å². The first kappa shape index (κ1) is 28.1. The van der Waals surface area contributed by atoms with Gasteiger partial charge < -0.3 is 10.2 Å². The van der Waals surface area contributed by atoms with Crippen LogP contribution in [0.2, 0.25) is 5.02 Å². The number of amidine groups is 2. The summed E-state index contributed by atoms with van der Waals surface area (Å²) in [5.74, 6) is 1.42. The molecule has 9 nitrogen and oxygen atoms in total. The van der Waals surface area contributed by atoms with Gasteiger partial charge in [-0.3, -0.25) is 9.98 Å². The van der Waals surface area contributed by atoms with Gasteiger partial charge in [0.25, 0.3) is 0 Å². The van der Waals surface area contributed by atoms with E-state index in [4.69, 9.17) is 21.6 Å². The predicted molar refractivity (Wildman–Crippen MR) is 148 cm³/mol. The highest BCUT2D eigenvalue weighted by molar-refractivity contribution is 6.31. The number of halogens is 2. The molecule has 0 bridgehead atoms. The lowest BCUT2D eigenvalue weighted by molar-refractivity contribution is 0.403. The lowest BCUT2D eigenvalue weighted by Gasteiger charge is -2.14. The van der Waals surface area contributed by atoms with E-state index in [1.807, 2.05) is 27.1 Å². The number of H-pyrrole nitrogens is 1. The summed E-state index contributed by atoms with van der Waals surface area (Å²) in [6.45, 7) is 7.62. The predicted octanol–water partition coefficient (Wildman–Crippen LogP) is 5.36. The third kappa shape index (κ3) is 8.54. The number of nitrogens with zero attached hydrogens (tertiary/aromatic N) is 7. The first-order valence-corrected chi connectivity index (χ1v) is 12.5. The fraction of sp³-hybridized carbons (Fsp3) is 0.385. The van der Waals surface area contributed by atoms with Crippen LogP contribution in [0.25, 0.3) is 17.0 Å². The minimum atomic E-state index is -0.474. The van der Waals surface area contributed by atoms with Gasteiger partial charge in [-0.2, -0.15) is 5.21 Å². The minimum absolute atomic E-state index is 0.0390. The molecule has 196 valence electrons. The number of pyridine rings is 1. The Morgan fingerprint density at radius 3 is 2.76 bits per heavy atom. The van der Waals surface area contributed by atoms with Crippen LogP contribution in [0, 0.1) is 11.7 Å². The Hall–Kier alpha value is -3.50. The summed E-state index contributed by atoms with van der Waals surface area (Å²) in [5.41, 5.74) is 3.06. The van der Waals surface area contributed by atoms with Gasteiger partial charge in [0.05, 0.1) is 5.02 Å². The summed E-state index contributed by atoms with van der Waals surface area (Å²) in [6.07, 6.45) is 7.46. The molecule has 0 radical (unpaired) electrons. The molecule has 2 N–H and O–H groups in total. The maximum Gasteiger partial charge on any atom is 0.206 e. The lowest BCUT2D eigenvalue weighted by Crippen LogP contribution is -2.15. The zero-order valence-electron chi connectivity index (χ0n) is 21.8. The third-order valence-electron chi connectivity index (χ3n) is 5.53. The van der Waals surface area contributed by atoms with Gasteiger partial charge in [0.15, 0.2) is 5.84 Å². The van der Waals surface area contributed by atoms with Gasteiger partial charge in [-0.15, -0.1) is 10.2 Å². The van der Waals surface area contributed by atoms with E-state index in [1.165, 1.54) is 12.1 Å². The number of aromatic amines is 1. The zero-order chi connectivity index (χ0) is 26.8. The van der Waals surface area contributed by atoms with Gasteiger partial charge in [-0.1, -0.05) is 37.9 Å². The highest BCUT2D eigenvalue weighted by atomic mass is 35.5. The average Bonchev–Trinajstić information content (AvgIpc) is 3.42. The second-order valence-electron chi connectivity index (χ2n) is 8.98. The summed E-state index contributed by atoms with van der Waals surface area (Å²) in [4.78, 5) is 16.3. The molecule has 0 saturated carbocycles. The van der Waals surface area contributed by atoms with Crippen molar-refractivity contribution >= 4 is 34.5 Å². The Bertz CT molecular complexity index is 1250. The smallest absolute Gasteiger partial charge is 0.206 e. The molecule has 3 aromatic rings. The van der Waals surface area contributed by atoms with Crippen molar-refractivity contribution in [2.75, 3.05) is 32.5 Å². The summed E-state index contributed by atoms with van der Waals surface area (Å²) < 4.78 is 13.6. The monoisotopic (exact) mass is 525 g/mol. The van der Waals surface area contributed by atoms with Gasteiger partial charge in [0.2, 0.25) is 5.82 Å². The fourth-order valence-electron chi connectivity index (χ4n) is 3.42. The van der Waals surface area contributed by atoms with E-state index in [9.17, 15) is 4.39 Å². The van der Waals surface area contributed by atoms with Crippen LogP contribution in [0.3, 0.4) is 0 Å². The van der Waals surface area contributed by atoms with Crippen molar-refractivity contribution in [3.63, 3.8) is 0 Å². The zero-order valence-corrected chi connectivity index (χ0v) is 22.6. The van der Waals surface area contributed by atoms with Crippen molar-refractivity contribution in [2.45, 2.75) is 33.6 Å². The van der Waals surface area contributed by atoms with Crippen molar-refractivity contribution in [3.05, 3.63) is 59.1 Å². The van der Waals surface area contributed by atoms with Crippen LogP contribution >= 0.6 is 11.6 Å². The molecule has 1 aromatic carbocycles. The highest BCUT2D eigenvalue weighted by Gasteiger charge is 2.15. The molecule has 0 saturated heterocycles. The number of allylic oxidation sites excluding steroid dienone is 1. The molecule has 2 aromatic heterocycles. The number of aromatic nitrogens is 5. The molecule has 1 unspecified atom stereocenters. The number of aliphatic imine (C=N–C) groups is 2. The van der Waals surface area contributed by atoms with Crippen LogP contribution in [-0.2, 0) is 0 Å².